The van der Waals surface area contributed by atoms with Gasteiger partial charge < -0.3 is 20.1 Å². The number of ether oxygens (including phenoxy) is 2. The van der Waals surface area contributed by atoms with Crippen LogP contribution in [0.5, 0.6) is 11.5 Å². The molecule has 0 aliphatic heterocycles. The Balaban J connectivity index is 1.74. The summed E-state index contributed by atoms with van der Waals surface area (Å²) in [4.78, 5) is 23.5. The molecule has 0 aromatic heterocycles. The van der Waals surface area contributed by atoms with Crippen molar-refractivity contribution in [1.82, 2.24) is 10.6 Å². The standard InChI is InChI=1S/C17H22N2O4/c1-22-14-7-6-13(11-15(14)23-2)17(21)19-10-9-18-16(20)8-5-12-3-4-12/h5-8,11-12H,3-4,9-10H2,1-2H3,(H,18,20)(H,19,21)/b8-5+. The first-order valence-corrected chi connectivity index (χ1v) is 7.60. The van der Waals surface area contributed by atoms with E-state index in [2.05, 4.69) is 10.6 Å². The molecule has 2 amide bonds. The molecule has 0 radical (unpaired) electrons. The van der Waals surface area contributed by atoms with E-state index < -0.39 is 0 Å². The van der Waals surface area contributed by atoms with Crippen LogP contribution < -0.4 is 20.1 Å². The van der Waals surface area contributed by atoms with Gasteiger partial charge in [0.1, 0.15) is 0 Å². The number of rotatable bonds is 8. The van der Waals surface area contributed by atoms with E-state index in [1.807, 2.05) is 6.08 Å². The Morgan fingerprint density at radius 3 is 2.48 bits per heavy atom. The van der Waals surface area contributed by atoms with E-state index in [-0.39, 0.29) is 11.8 Å². The van der Waals surface area contributed by atoms with Gasteiger partial charge in [-0.2, -0.15) is 0 Å². The summed E-state index contributed by atoms with van der Waals surface area (Å²) >= 11 is 0. The van der Waals surface area contributed by atoms with Gasteiger partial charge in [0.25, 0.3) is 5.91 Å². The zero-order valence-electron chi connectivity index (χ0n) is 13.4. The molecule has 23 heavy (non-hydrogen) atoms. The van der Waals surface area contributed by atoms with E-state index in [0.717, 1.165) is 0 Å². The molecule has 0 saturated heterocycles. The molecule has 124 valence electrons. The summed E-state index contributed by atoms with van der Waals surface area (Å²) in [7, 11) is 3.06. The van der Waals surface area contributed by atoms with E-state index in [9.17, 15) is 9.59 Å². The van der Waals surface area contributed by atoms with Crippen LogP contribution in [-0.4, -0.2) is 39.1 Å². The second-order valence-electron chi connectivity index (χ2n) is 5.31. The number of carbonyl (C=O) groups is 2. The molecular formula is C17H22N2O4. The monoisotopic (exact) mass is 318 g/mol. The molecule has 0 unspecified atom stereocenters. The number of methoxy groups -OCH3 is 2. The molecule has 0 heterocycles. The number of hydrogen-bond acceptors (Lipinski definition) is 4. The van der Waals surface area contributed by atoms with Crippen LogP contribution in [0.15, 0.2) is 30.4 Å². The van der Waals surface area contributed by atoms with Gasteiger partial charge >= 0.3 is 0 Å². The predicted molar refractivity (Wildman–Crippen MR) is 86.8 cm³/mol. The lowest BCUT2D eigenvalue weighted by Gasteiger charge is -2.10. The van der Waals surface area contributed by atoms with Crippen LogP contribution in [0.3, 0.4) is 0 Å². The van der Waals surface area contributed by atoms with Crippen molar-refractivity contribution in [3.8, 4) is 11.5 Å². The fourth-order valence-electron chi connectivity index (χ4n) is 2.01. The molecule has 6 heteroatoms. The number of benzene rings is 1. The van der Waals surface area contributed by atoms with Crippen molar-refractivity contribution in [2.45, 2.75) is 12.8 Å². The molecule has 1 aliphatic carbocycles. The third-order valence-corrected chi connectivity index (χ3v) is 3.50. The van der Waals surface area contributed by atoms with Crippen LogP contribution >= 0.6 is 0 Å². The van der Waals surface area contributed by atoms with E-state index in [1.165, 1.54) is 27.1 Å². The molecule has 2 N–H and O–H groups in total. The average molecular weight is 318 g/mol. The van der Waals surface area contributed by atoms with Gasteiger partial charge in [-0.3, -0.25) is 9.59 Å². The van der Waals surface area contributed by atoms with Gasteiger partial charge in [-0.05, 0) is 43.0 Å². The topological polar surface area (TPSA) is 76.7 Å². The van der Waals surface area contributed by atoms with Gasteiger partial charge in [0.15, 0.2) is 11.5 Å². The van der Waals surface area contributed by atoms with E-state index in [0.29, 0.717) is 36.1 Å². The maximum Gasteiger partial charge on any atom is 0.251 e. The third-order valence-electron chi connectivity index (χ3n) is 3.50. The Morgan fingerprint density at radius 1 is 1.13 bits per heavy atom. The van der Waals surface area contributed by atoms with E-state index >= 15 is 0 Å². The van der Waals surface area contributed by atoms with E-state index in [1.54, 1.807) is 24.3 Å². The Bertz CT molecular complexity index is 594. The highest BCUT2D eigenvalue weighted by molar-refractivity contribution is 5.95. The molecule has 2 rings (SSSR count). The van der Waals surface area contributed by atoms with Crippen molar-refractivity contribution in [3.05, 3.63) is 35.9 Å². The Labute approximate surface area is 135 Å². The van der Waals surface area contributed by atoms with Gasteiger partial charge in [-0.1, -0.05) is 6.08 Å². The summed E-state index contributed by atoms with van der Waals surface area (Å²) < 4.78 is 10.3. The summed E-state index contributed by atoms with van der Waals surface area (Å²) in [6, 6.07) is 4.96. The Hall–Kier alpha value is -2.50. The minimum atomic E-state index is -0.228. The molecule has 0 spiro atoms. The van der Waals surface area contributed by atoms with Crippen LogP contribution in [0, 0.1) is 5.92 Å². The predicted octanol–water partition coefficient (Wildman–Crippen LogP) is 1.52. The van der Waals surface area contributed by atoms with Crippen LogP contribution in [-0.2, 0) is 4.79 Å². The molecule has 1 aliphatic rings. The Morgan fingerprint density at radius 2 is 1.83 bits per heavy atom. The molecule has 1 aromatic rings. The average Bonchev–Trinajstić information content (AvgIpc) is 3.40. The molecule has 0 bridgehead atoms. The summed E-state index contributed by atoms with van der Waals surface area (Å²) in [6.07, 6.45) is 5.84. The second-order valence-corrected chi connectivity index (χ2v) is 5.31. The lowest BCUT2D eigenvalue weighted by Crippen LogP contribution is -2.34. The minimum absolute atomic E-state index is 0.128. The molecule has 1 saturated carbocycles. The van der Waals surface area contributed by atoms with Gasteiger partial charge in [0, 0.05) is 18.7 Å². The summed E-state index contributed by atoms with van der Waals surface area (Å²) in [5.74, 6) is 1.29. The highest BCUT2D eigenvalue weighted by Crippen LogP contribution is 2.29. The van der Waals surface area contributed by atoms with Crippen molar-refractivity contribution in [2.75, 3.05) is 27.3 Å². The lowest BCUT2D eigenvalue weighted by molar-refractivity contribution is -0.116. The fraction of sp³-hybridized carbons (Fsp3) is 0.412. The zero-order valence-corrected chi connectivity index (χ0v) is 13.4. The van der Waals surface area contributed by atoms with Crippen molar-refractivity contribution < 1.29 is 19.1 Å². The molecular weight excluding hydrogens is 296 g/mol. The number of allylic oxidation sites excluding steroid dienone is 1. The number of hydrogen-bond donors (Lipinski definition) is 2. The first kappa shape index (κ1) is 16.9. The molecule has 6 nitrogen and oxygen atoms in total. The maximum absolute atomic E-state index is 12.0. The third kappa shape index (κ3) is 5.32. The highest BCUT2D eigenvalue weighted by Gasteiger charge is 2.17. The van der Waals surface area contributed by atoms with Crippen LogP contribution in [0.4, 0.5) is 0 Å². The maximum atomic E-state index is 12.0. The van der Waals surface area contributed by atoms with Gasteiger partial charge in [0.05, 0.1) is 14.2 Å². The second kappa shape index (κ2) is 8.22. The van der Waals surface area contributed by atoms with Gasteiger partial charge in [-0.25, -0.2) is 0 Å². The highest BCUT2D eigenvalue weighted by atomic mass is 16.5. The number of amides is 2. The summed E-state index contributed by atoms with van der Waals surface area (Å²) in [5.41, 5.74) is 0.475. The largest absolute Gasteiger partial charge is 0.493 e. The minimum Gasteiger partial charge on any atom is -0.493 e. The molecule has 1 aromatic carbocycles. The van der Waals surface area contributed by atoms with Crippen molar-refractivity contribution in [2.24, 2.45) is 5.92 Å². The van der Waals surface area contributed by atoms with Crippen molar-refractivity contribution in [1.29, 1.82) is 0 Å². The lowest BCUT2D eigenvalue weighted by atomic mass is 10.2. The van der Waals surface area contributed by atoms with Crippen molar-refractivity contribution in [3.63, 3.8) is 0 Å². The first-order chi connectivity index (χ1) is 11.1. The summed E-state index contributed by atoms with van der Waals surface area (Å²) in [5, 5.41) is 5.47. The quantitative estimate of drug-likeness (QED) is 0.563. The molecule has 1 fully saturated rings. The van der Waals surface area contributed by atoms with Gasteiger partial charge in [0.2, 0.25) is 5.91 Å². The van der Waals surface area contributed by atoms with Crippen LogP contribution in [0.1, 0.15) is 23.2 Å². The number of carbonyl (C=O) groups excluding carboxylic acids is 2. The number of nitrogens with one attached hydrogen (secondary N) is 2. The Kier molecular flexibility index (Phi) is 6.02. The normalized spacial score (nSPS) is 13.7. The SMILES string of the molecule is COc1ccc(C(=O)NCCNC(=O)/C=C/C2CC2)cc1OC. The van der Waals surface area contributed by atoms with Crippen LogP contribution in [0.25, 0.3) is 0 Å². The molecule has 0 atom stereocenters. The first-order valence-electron chi connectivity index (χ1n) is 7.60. The fourth-order valence-corrected chi connectivity index (χ4v) is 2.01. The van der Waals surface area contributed by atoms with Gasteiger partial charge in [-0.15, -0.1) is 0 Å². The van der Waals surface area contributed by atoms with Crippen LogP contribution in [0.2, 0.25) is 0 Å². The smallest absolute Gasteiger partial charge is 0.251 e. The zero-order chi connectivity index (χ0) is 16.7. The van der Waals surface area contributed by atoms with Crippen molar-refractivity contribution >= 4 is 11.8 Å². The summed E-state index contributed by atoms with van der Waals surface area (Å²) in [6.45, 7) is 0.739. The van der Waals surface area contributed by atoms with E-state index in [4.69, 9.17) is 9.47 Å².